The van der Waals surface area contributed by atoms with E-state index < -0.39 is 0 Å². The number of fused-ring (bicyclic) bond motifs is 1. The van der Waals surface area contributed by atoms with Crippen molar-refractivity contribution in [2.24, 2.45) is 5.41 Å². The highest BCUT2D eigenvalue weighted by molar-refractivity contribution is 5.99. The van der Waals surface area contributed by atoms with Gasteiger partial charge in [0.1, 0.15) is 5.56 Å². The molecule has 0 bridgehead atoms. The van der Waals surface area contributed by atoms with E-state index >= 15 is 0 Å². The largest absolute Gasteiger partial charge is 0.378 e. The number of aryl methyl sites for hydroxylation is 1. The van der Waals surface area contributed by atoms with Gasteiger partial charge in [-0.05, 0) is 37.2 Å². The zero-order chi connectivity index (χ0) is 16.4. The third-order valence-corrected chi connectivity index (χ3v) is 4.33. The van der Waals surface area contributed by atoms with Crippen LogP contribution in [0, 0.1) is 12.3 Å². The highest BCUT2D eigenvalue weighted by Gasteiger charge is 2.27. The summed E-state index contributed by atoms with van der Waals surface area (Å²) in [6, 6.07) is 0. The average Bonchev–Trinajstić information content (AvgIpc) is 2.91. The van der Waals surface area contributed by atoms with E-state index in [0.29, 0.717) is 17.8 Å². The number of nitrogens with zero attached hydrogens (tertiary/aromatic N) is 3. The first-order chi connectivity index (χ1) is 10.9. The Bertz CT molecular complexity index is 698. The molecule has 1 aliphatic rings. The van der Waals surface area contributed by atoms with Crippen molar-refractivity contribution in [3.05, 3.63) is 29.7 Å². The van der Waals surface area contributed by atoms with Crippen LogP contribution in [0.5, 0.6) is 0 Å². The number of hydrogen-bond acceptors (Lipinski definition) is 4. The lowest BCUT2D eigenvalue weighted by Gasteiger charge is -2.34. The van der Waals surface area contributed by atoms with Gasteiger partial charge in [0.2, 0.25) is 0 Å². The van der Waals surface area contributed by atoms with Crippen LogP contribution in [0.1, 0.15) is 49.0 Å². The van der Waals surface area contributed by atoms with Gasteiger partial charge in [0.25, 0.3) is 5.91 Å². The smallest absolute Gasteiger partial charge is 0.256 e. The van der Waals surface area contributed by atoms with Gasteiger partial charge < -0.3 is 10.1 Å². The highest BCUT2D eigenvalue weighted by atomic mass is 16.5. The molecule has 0 radical (unpaired) electrons. The molecule has 1 saturated heterocycles. The Morgan fingerprint density at radius 3 is 3.04 bits per heavy atom. The average molecular weight is 316 g/mol. The molecule has 3 rings (SSSR count). The van der Waals surface area contributed by atoms with E-state index in [1.165, 1.54) is 6.42 Å². The van der Waals surface area contributed by atoms with Gasteiger partial charge in [-0.2, -0.15) is 5.10 Å². The molecule has 2 aromatic rings. The van der Waals surface area contributed by atoms with Crippen LogP contribution in [0.15, 0.2) is 18.6 Å². The topological polar surface area (TPSA) is 68.5 Å². The molecule has 2 aromatic heterocycles. The van der Waals surface area contributed by atoms with Crippen LogP contribution in [0.25, 0.3) is 5.65 Å². The molecular weight excluding hydrogens is 292 g/mol. The molecule has 0 spiro atoms. The van der Waals surface area contributed by atoms with Crippen molar-refractivity contribution in [1.29, 1.82) is 0 Å². The van der Waals surface area contributed by atoms with Crippen molar-refractivity contribution in [2.45, 2.75) is 46.1 Å². The van der Waals surface area contributed by atoms with Crippen molar-refractivity contribution in [1.82, 2.24) is 19.9 Å². The van der Waals surface area contributed by atoms with Crippen LogP contribution in [-0.4, -0.2) is 39.8 Å². The van der Waals surface area contributed by atoms with E-state index in [2.05, 4.69) is 29.2 Å². The predicted molar refractivity (Wildman–Crippen MR) is 87.4 cm³/mol. The lowest BCUT2D eigenvalue weighted by atomic mass is 9.85. The SMILES string of the molecule is Cc1cnc2c(C(=O)NCCC3CCC(C)(C)CO3)cnn2c1. The van der Waals surface area contributed by atoms with E-state index in [-0.39, 0.29) is 17.4 Å². The van der Waals surface area contributed by atoms with Crippen molar-refractivity contribution in [3.63, 3.8) is 0 Å². The fourth-order valence-electron chi connectivity index (χ4n) is 2.85. The van der Waals surface area contributed by atoms with Crippen LogP contribution in [-0.2, 0) is 4.74 Å². The molecular formula is C17H24N4O2. The molecule has 1 unspecified atom stereocenters. The number of aromatic nitrogens is 3. The summed E-state index contributed by atoms with van der Waals surface area (Å²) in [6.07, 6.45) is 8.48. The maximum atomic E-state index is 12.3. The zero-order valence-electron chi connectivity index (χ0n) is 14.0. The summed E-state index contributed by atoms with van der Waals surface area (Å²) in [5.74, 6) is -0.132. The predicted octanol–water partition coefficient (Wildman–Crippen LogP) is 2.36. The molecule has 3 heterocycles. The van der Waals surface area contributed by atoms with Gasteiger partial charge in [-0.15, -0.1) is 0 Å². The van der Waals surface area contributed by atoms with E-state index in [9.17, 15) is 4.79 Å². The molecule has 0 saturated carbocycles. The van der Waals surface area contributed by atoms with Crippen LogP contribution >= 0.6 is 0 Å². The minimum atomic E-state index is -0.132. The second kappa shape index (κ2) is 6.28. The molecule has 124 valence electrons. The minimum Gasteiger partial charge on any atom is -0.378 e. The number of carbonyl (C=O) groups is 1. The Morgan fingerprint density at radius 2 is 2.30 bits per heavy atom. The monoisotopic (exact) mass is 316 g/mol. The molecule has 1 N–H and O–H groups in total. The fraction of sp³-hybridized carbons (Fsp3) is 0.588. The first-order valence-corrected chi connectivity index (χ1v) is 8.14. The molecule has 1 fully saturated rings. The van der Waals surface area contributed by atoms with Crippen molar-refractivity contribution >= 4 is 11.6 Å². The molecule has 0 aromatic carbocycles. The lowest BCUT2D eigenvalue weighted by Crippen LogP contribution is -2.34. The van der Waals surface area contributed by atoms with Gasteiger partial charge >= 0.3 is 0 Å². The van der Waals surface area contributed by atoms with E-state index in [1.54, 1.807) is 16.9 Å². The standard InChI is InChI=1S/C17H24N4O2/c1-12-8-19-15-14(9-20-21(15)10-12)16(22)18-7-5-13-4-6-17(2,3)11-23-13/h8-10,13H,4-7,11H2,1-3H3,(H,18,22). The van der Waals surface area contributed by atoms with Crippen molar-refractivity contribution in [2.75, 3.05) is 13.2 Å². The molecule has 6 nitrogen and oxygen atoms in total. The van der Waals surface area contributed by atoms with Crippen LogP contribution < -0.4 is 5.32 Å². The zero-order valence-corrected chi connectivity index (χ0v) is 14.0. The Hall–Kier alpha value is -1.95. The molecule has 6 heteroatoms. The van der Waals surface area contributed by atoms with Crippen molar-refractivity contribution in [3.8, 4) is 0 Å². The number of rotatable bonds is 4. The van der Waals surface area contributed by atoms with E-state index in [1.807, 2.05) is 13.1 Å². The highest BCUT2D eigenvalue weighted by Crippen LogP contribution is 2.30. The molecule has 1 aliphatic heterocycles. The number of amides is 1. The fourth-order valence-corrected chi connectivity index (χ4v) is 2.85. The van der Waals surface area contributed by atoms with Crippen LogP contribution in [0.3, 0.4) is 0 Å². The lowest BCUT2D eigenvalue weighted by molar-refractivity contribution is -0.0506. The third kappa shape index (κ3) is 3.69. The quantitative estimate of drug-likeness (QED) is 0.940. The number of nitrogens with one attached hydrogen (secondary N) is 1. The third-order valence-electron chi connectivity index (χ3n) is 4.33. The van der Waals surface area contributed by atoms with Crippen LogP contribution in [0.2, 0.25) is 0 Å². The first kappa shape index (κ1) is 15.9. The van der Waals surface area contributed by atoms with Gasteiger partial charge in [0, 0.05) is 18.9 Å². The summed E-state index contributed by atoms with van der Waals surface area (Å²) in [4.78, 5) is 16.6. The van der Waals surface area contributed by atoms with Crippen LogP contribution in [0.4, 0.5) is 0 Å². The summed E-state index contributed by atoms with van der Waals surface area (Å²) >= 11 is 0. The number of hydrogen-bond donors (Lipinski definition) is 1. The summed E-state index contributed by atoms with van der Waals surface area (Å²) in [6.45, 7) is 7.80. The Labute approximate surface area is 136 Å². The number of carbonyl (C=O) groups excluding carboxylic acids is 1. The second-order valence-electron chi connectivity index (χ2n) is 7.14. The summed E-state index contributed by atoms with van der Waals surface area (Å²) in [7, 11) is 0. The van der Waals surface area contributed by atoms with Gasteiger partial charge in [-0.25, -0.2) is 9.50 Å². The molecule has 1 amide bonds. The summed E-state index contributed by atoms with van der Waals surface area (Å²) in [5, 5.41) is 7.13. The summed E-state index contributed by atoms with van der Waals surface area (Å²) < 4.78 is 7.50. The maximum absolute atomic E-state index is 12.3. The normalized spacial score (nSPS) is 20.6. The van der Waals surface area contributed by atoms with E-state index in [4.69, 9.17) is 4.74 Å². The summed E-state index contributed by atoms with van der Waals surface area (Å²) in [5.41, 5.74) is 2.38. The van der Waals surface area contributed by atoms with Crippen molar-refractivity contribution < 1.29 is 9.53 Å². The molecule has 23 heavy (non-hydrogen) atoms. The maximum Gasteiger partial charge on any atom is 0.256 e. The molecule has 0 aliphatic carbocycles. The Morgan fingerprint density at radius 1 is 1.48 bits per heavy atom. The first-order valence-electron chi connectivity index (χ1n) is 8.14. The molecule has 1 atom stereocenters. The Kier molecular flexibility index (Phi) is 4.35. The second-order valence-corrected chi connectivity index (χ2v) is 7.14. The number of ether oxygens (including phenoxy) is 1. The Balaban J connectivity index is 1.53. The van der Waals surface area contributed by atoms with Gasteiger partial charge in [0.05, 0.1) is 18.9 Å². The van der Waals surface area contributed by atoms with Gasteiger partial charge in [-0.3, -0.25) is 4.79 Å². The van der Waals surface area contributed by atoms with Gasteiger partial charge in [0.15, 0.2) is 5.65 Å². The van der Waals surface area contributed by atoms with E-state index in [0.717, 1.165) is 25.0 Å². The minimum absolute atomic E-state index is 0.132. The van der Waals surface area contributed by atoms with Gasteiger partial charge in [-0.1, -0.05) is 13.8 Å².